The minimum Gasteiger partial charge on any atom is -0.261 e. The van der Waals surface area contributed by atoms with Crippen LogP contribution in [0.4, 0.5) is 0 Å². The van der Waals surface area contributed by atoms with Gasteiger partial charge in [0, 0.05) is 25.0 Å². The van der Waals surface area contributed by atoms with E-state index in [1.54, 1.807) is 18.6 Å². The number of aromatic nitrogens is 2. The summed E-state index contributed by atoms with van der Waals surface area (Å²) in [6.45, 7) is 1.81. The number of nitrogens with zero attached hydrogens (tertiary/aromatic N) is 3. The largest absolute Gasteiger partial charge is 0.261 e. The zero-order valence-corrected chi connectivity index (χ0v) is 8.24. The topological polar surface area (TPSA) is 49.6 Å². The Bertz CT molecular complexity index is 289. The molecule has 1 unspecified atom stereocenters. The first-order valence-corrected chi connectivity index (χ1v) is 4.28. The van der Waals surface area contributed by atoms with Crippen molar-refractivity contribution in [2.45, 2.75) is 17.7 Å². The Labute approximate surface area is 79.6 Å². The maximum absolute atomic E-state index is 8.71. The van der Waals surface area contributed by atoms with Crippen LogP contribution < -0.4 is 0 Å². The Morgan fingerprint density at radius 3 is 2.92 bits per heavy atom. The third-order valence-electron chi connectivity index (χ3n) is 1.36. The maximum Gasteiger partial charge on any atom is 0.115 e. The summed E-state index contributed by atoms with van der Waals surface area (Å²) in [5.74, 6) is 0. The van der Waals surface area contributed by atoms with Crippen molar-refractivity contribution >= 4 is 15.9 Å². The number of alkyl halides is 1. The predicted molar refractivity (Wildman–Crippen MR) is 48.7 cm³/mol. The highest BCUT2D eigenvalue weighted by Gasteiger charge is 2.20. The number of rotatable bonds is 2. The molecule has 0 fully saturated rings. The lowest BCUT2D eigenvalue weighted by atomic mass is 10.1. The minimum atomic E-state index is -0.539. The fraction of sp³-hybridized carbons (Fsp3) is 0.375. The fourth-order valence-electron chi connectivity index (χ4n) is 0.801. The van der Waals surface area contributed by atoms with Gasteiger partial charge in [-0.25, -0.2) is 0 Å². The molecule has 0 saturated heterocycles. The van der Waals surface area contributed by atoms with E-state index in [0.29, 0.717) is 6.42 Å². The van der Waals surface area contributed by atoms with Gasteiger partial charge < -0.3 is 0 Å². The van der Waals surface area contributed by atoms with Gasteiger partial charge in [0.05, 0.1) is 11.8 Å². The van der Waals surface area contributed by atoms with Crippen molar-refractivity contribution in [3.8, 4) is 6.07 Å². The van der Waals surface area contributed by atoms with Crippen LogP contribution in [0.1, 0.15) is 12.6 Å². The van der Waals surface area contributed by atoms with Gasteiger partial charge in [0.1, 0.15) is 4.32 Å². The smallest absolute Gasteiger partial charge is 0.115 e. The van der Waals surface area contributed by atoms with Gasteiger partial charge in [-0.05, 0) is 6.92 Å². The van der Waals surface area contributed by atoms with E-state index < -0.39 is 4.32 Å². The molecule has 62 valence electrons. The van der Waals surface area contributed by atoms with E-state index >= 15 is 0 Å². The van der Waals surface area contributed by atoms with E-state index in [-0.39, 0.29) is 0 Å². The summed E-state index contributed by atoms with van der Waals surface area (Å²) in [5, 5.41) is 8.71. The van der Waals surface area contributed by atoms with Crippen molar-refractivity contribution in [1.82, 2.24) is 9.97 Å². The molecule has 1 aromatic heterocycles. The molecule has 0 saturated carbocycles. The molecule has 1 rings (SSSR count). The molecule has 0 aliphatic heterocycles. The molecule has 0 aliphatic rings. The van der Waals surface area contributed by atoms with Crippen LogP contribution in [0.15, 0.2) is 18.6 Å². The van der Waals surface area contributed by atoms with Crippen LogP contribution in [0.2, 0.25) is 0 Å². The lowest BCUT2D eigenvalue weighted by Crippen LogP contribution is -2.16. The van der Waals surface area contributed by atoms with Gasteiger partial charge in [0.25, 0.3) is 0 Å². The van der Waals surface area contributed by atoms with E-state index in [1.165, 1.54) is 0 Å². The average Bonchev–Trinajstić information content (AvgIpc) is 2.06. The minimum absolute atomic E-state index is 0.539. The van der Waals surface area contributed by atoms with Gasteiger partial charge in [0.2, 0.25) is 0 Å². The maximum atomic E-state index is 8.71. The standard InChI is InChI=1S/C8H8BrN3/c1-8(9,6-10)4-7-5-11-2-3-12-7/h2-3,5H,4H2,1H3. The number of nitriles is 1. The molecule has 0 bridgehead atoms. The average molecular weight is 226 g/mol. The van der Waals surface area contributed by atoms with Gasteiger partial charge in [-0.15, -0.1) is 0 Å². The third-order valence-corrected chi connectivity index (χ3v) is 1.82. The molecule has 0 radical (unpaired) electrons. The Morgan fingerprint density at radius 2 is 2.42 bits per heavy atom. The SMILES string of the molecule is CC(Br)(C#N)Cc1cnccn1. The number of hydrogen-bond acceptors (Lipinski definition) is 3. The summed E-state index contributed by atoms with van der Waals surface area (Å²) in [6.07, 6.45) is 5.46. The number of hydrogen-bond donors (Lipinski definition) is 0. The molecule has 1 atom stereocenters. The van der Waals surface area contributed by atoms with Crippen LogP contribution in [-0.4, -0.2) is 14.3 Å². The van der Waals surface area contributed by atoms with Crippen LogP contribution in [0.5, 0.6) is 0 Å². The highest BCUT2D eigenvalue weighted by atomic mass is 79.9. The summed E-state index contributed by atoms with van der Waals surface area (Å²) in [6, 6.07) is 2.14. The van der Waals surface area contributed by atoms with E-state index in [1.807, 2.05) is 6.92 Å². The molecule has 0 N–H and O–H groups in total. The quantitative estimate of drug-likeness (QED) is 0.721. The fourth-order valence-corrected chi connectivity index (χ4v) is 1.09. The molecule has 0 aromatic carbocycles. The molecule has 3 nitrogen and oxygen atoms in total. The highest BCUT2D eigenvalue weighted by molar-refractivity contribution is 9.10. The van der Waals surface area contributed by atoms with Crippen LogP contribution in [-0.2, 0) is 6.42 Å². The first-order valence-electron chi connectivity index (χ1n) is 3.49. The monoisotopic (exact) mass is 225 g/mol. The van der Waals surface area contributed by atoms with Crippen molar-refractivity contribution in [1.29, 1.82) is 5.26 Å². The van der Waals surface area contributed by atoms with Crippen LogP contribution in [0, 0.1) is 11.3 Å². The lowest BCUT2D eigenvalue weighted by molar-refractivity contribution is 0.784. The molecular weight excluding hydrogens is 218 g/mol. The van der Waals surface area contributed by atoms with Gasteiger partial charge in [-0.1, -0.05) is 15.9 Å². The second kappa shape index (κ2) is 3.63. The summed E-state index contributed by atoms with van der Waals surface area (Å²) in [7, 11) is 0. The summed E-state index contributed by atoms with van der Waals surface area (Å²) in [5.41, 5.74) is 0.818. The van der Waals surface area contributed by atoms with Gasteiger partial charge in [0.15, 0.2) is 0 Å². The molecule has 1 aromatic rings. The zero-order chi connectivity index (χ0) is 9.03. The van der Waals surface area contributed by atoms with Gasteiger partial charge in [-0.2, -0.15) is 5.26 Å². The van der Waals surface area contributed by atoms with Gasteiger partial charge in [-0.3, -0.25) is 9.97 Å². The first kappa shape index (κ1) is 9.14. The summed E-state index contributed by atoms with van der Waals surface area (Å²) < 4.78 is -0.539. The van der Waals surface area contributed by atoms with E-state index in [2.05, 4.69) is 32.0 Å². The van der Waals surface area contributed by atoms with Crippen molar-refractivity contribution in [2.75, 3.05) is 0 Å². The summed E-state index contributed by atoms with van der Waals surface area (Å²) >= 11 is 3.29. The highest BCUT2D eigenvalue weighted by Crippen LogP contribution is 2.20. The van der Waals surface area contributed by atoms with Crippen molar-refractivity contribution in [2.24, 2.45) is 0 Å². The van der Waals surface area contributed by atoms with E-state index in [0.717, 1.165) is 5.69 Å². The van der Waals surface area contributed by atoms with E-state index in [4.69, 9.17) is 5.26 Å². The second-order valence-corrected chi connectivity index (χ2v) is 4.43. The molecule has 4 heteroatoms. The molecule has 0 spiro atoms. The van der Waals surface area contributed by atoms with Crippen LogP contribution in [0.25, 0.3) is 0 Å². The van der Waals surface area contributed by atoms with E-state index in [9.17, 15) is 0 Å². The normalized spacial score (nSPS) is 14.8. The molecular formula is C8H8BrN3. The summed E-state index contributed by atoms with van der Waals surface area (Å²) in [4.78, 5) is 7.98. The second-order valence-electron chi connectivity index (χ2n) is 2.68. The lowest BCUT2D eigenvalue weighted by Gasteiger charge is -2.10. The Kier molecular flexibility index (Phi) is 2.77. The van der Waals surface area contributed by atoms with Gasteiger partial charge >= 0.3 is 0 Å². The molecule has 12 heavy (non-hydrogen) atoms. The predicted octanol–water partition coefficient (Wildman–Crippen LogP) is 1.70. The molecule has 0 aliphatic carbocycles. The third kappa shape index (κ3) is 2.59. The van der Waals surface area contributed by atoms with Crippen molar-refractivity contribution < 1.29 is 0 Å². The van der Waals surface area contributed by atoms with Crippen molar-refractivity contribution in [3.63, 3.8) is 0 Å². The van der Waals surface area contributed by atoms with Crippen molar-refractivity contribution in [3.05, 3.63) is 24.3 Å². The Hall–Kier alpha value is -0.950. The van der Waals surface area contributed by atoms with Crippen LogP contribution in [0.3, 0.4) is 0 Å². The Morgan fingerprint density at radius 1 is 1.67 bits per heavy atom. The molecule has 1 heterocycles. The Balaban J connectivity index is 2.72. The number of halogens is 1. The molecule has 0 amide bonds. The zero-order valence-electron chi connectivity index (χ0n) is 6.66. The first-order chi connectivity index (χ1) is 5.64. The van der Waals surface area contributed by atoms with Crippen LogP contribution >= 0.6 is 15.9 Å².